The Morgan fingerprint density at radius 3 is 2.75 bits per heavy atom. The lowest BCUT2D eigenvalue weighted by Crippen LogP contribution is -1.93. The van der Waals surface area contributed by atoms with Crippen LogP contribution in [0.4, 0.5) is 5.82 Å². The summed E-state index contributed by atoms with van der Waals surface area (Å²) >= 11 is 0. The summed E-state index contributed by atoms with van der Waals surface area (Å²) in [6.07, 6.45) is 3.27. The predicted molar refractivity (Wildman–Crippen MR) is 44.0 cm³/mol. The largest absolute Gasteiger partial charge is 0.382 e. The molecule has 2 aromatic heterocycles. The Bertz CT molecular complexity index is 350. The first-order valence-corrected chi connectivity index (χ1v) is 3.44. The Morgan fingerprint density at radius 2 is 2.17 bits per heavy atom. The van der Waals surface area contributed by atoms with Gasteiger partial charge in [-0.2, -0.15) is 0 Å². The number of hydrogen-bond acceptors (Lipinski definition) is 4. The minimum atomic E-state index is 0.415. The summed E-state index contributed by atoms with van der Waals surface area (Å²) in [5.41, 5.74) is 6.95. The Hall–Kier alpha value is -1.91. The fourth-order valence-corrected chi connectivity index (χ4v) is 0.882. The Labute approximate surface area is 68.7 Å². The summed E-state index contributed by atoms with van der Waals surface area (Å²) in [6, 6.07) is 3.49. The van der Waals surface area contributed by atoms with Gasteiger partial charge in [0.2, 0.25) is 0 Å². The molecule has 0 bridgehead atoms. The number of anilines is 1. The molecule has 0 aliphatic carbocycles. The molecule has 2 aromatic rings. The van der Waals surface area contributed by atoms with E-state index in [4.69, 9.17) is 5.73 Å². The third-order valence-corrected chi connectivity index (χ3v) is 1.46. The van der Waals surface area contributed by atoms with Crippen LogP contribution in [0.25, 0.3) is 11.4 Å². The molecule has 0 unspecified atom stereocenters. The highest BCUT2D eigenvalue weighted by Gasteiger charge is 1.99. The van der Waals surface area contributed by atoms with Crippen molar-refractivity contribution < 1.29 is 0 Å². The maximum Gasteiger partial charge on any atom is 0.146 e. The minimum Gasteiger partial charge on any atom is -0.382 e. The summed E-state index contributed by atoms with van der Waals surface area (Å²) in [6.45, 7) is 0. The van der Waals surface area contributed by atoms with Gasteiger partial charge in [-0.3, -0.25) is 0 Å². The average Bonchev–Trinajstić information content (AvgIpc) is 2.58. The Kier molecular flexibility index (Phi) is 1.48. The molecule has 12 heavy (non-hydrogen) atoms. The van der Waals surface area contributed by atoms with E-state index in [0.29, 0.717) is 5.82 Å². The van der Waals surface area contributed by atoms with Gasteiger partial charge in [-0.15, -0.1) is 10.2 Å². The van der Waals surface area contributed by atoms with Gasteiger partial charge in [0.1, 0.15) is 11.5 Å². The van der Waals surface area contributed by atoms with Crippen LogP contribution in [0.5, 0.6) is 0 Å². The summed E-state index contributed by atoms with van der Waals surface area (Å²) < 4.78 is 0. The number of nitrogen functional groups attached to an aromatic ring is 1. The van der Waals surface area contributed by atoms with Crippen molar-refractivity contribution in [3.8, 4) is 11.4 Å². The van der Waals surface area contributed by atoms with Gasteiger partial charge in [0.25, 0.3) is 0 Å². The smallest absolute Gasteiger partial charge is 0.146 e. The second-order valence-corrected chi connectivity index (χ2v) is 2.31. The van der Waals surface area contributed by atoms with Crippen molar-refractivity contribution >= 4 is 5.82 Å². The van der Waals surface area contributed by atoms with Crippen molar-refractivity contribution in [3.63, 3.8) is 0 Å². The van der Waals surface area contributed by atoms with E-state index in [1.165, 1.54) is 0 Å². The monoisotopic (exact) mass is 161 g/mol. The molecule has 0 radical (unpaired) electrons. The van der Waals surface area contributed by atoms with Crippen molar-refractivity contribution in [1.82, 2.24) is 20.2 Å². The number of nitrogens with zero attached hydrogens (tertiary/aromatic N) is 3. The molecular formula is C7H7N5. The third kappa shape index (κ3) is 1.12. The highest BCUT2D eigenvalue weighted by atomic mass is 15.1. The lowest BCUT2D eigenvalue weighted by molar-refractivity contribution is 1.04. The van der Waals surface area contributed by atoms with Crippen molar-refractivity contribution in [2.45, 2.75) is 0 Å². The Morgan fingerprint density at radius 1 is 1.25 bits per heavy atom. The summed E-state index contributed by atoms with van der Waals surface area (Å²) in [5, 5.41) is 7.59. The van der Waals surface area contributed by atoms with Gasteiger partial charge in [-0.05, 0) is 12.1 Å². The molecule has 2 heterocycles. The topological polar surface area (TPSA) is 80.5 Å². The van der Waals surface area contributed by atoms with Crippen molar-refractivity contribution in [2.75, 3.05) is 5.73 Å². The first kappa shape index (κ1) is 6.78. The number of nitrogens with two attached hydrogens (primary N) is 1. The lowest BCUT2D eigenvalue weighted by atomic mass is 10.3. The van der Waals surface area contributed by atoms with E-state index in [-0.39, 0.29) is 0 Å². The van der Waals surface area contributed by atoms with Crippen LogP contribution in [0.3, 0.4) is 0 Å². The normalized spacial score (nSPS) is 10.0. The molecule has 0 atom stereocenters. The summed E-state index contributed by atoms with van der Waals surface area (Å²) in [5.74, 6) is 0.415. The molecule has 0 aliphatic heterocycles. The van der Waals surface area contributed by atoms with Crippen molar-refractivity contribution in [2.24, 2.45) is 0 Å². The van der Waals surface area contributed by atoms with E-state index in [2.05, 4.69) is 20.2 Å². The fourth-order valence-electron chi connectivity index (χ4n) is 0.882. The van der Waals surface area contributed by atoms with E-state index in [9.17, 15) is 0 Å². The molecule has 0 saturated carbocycles. The van der Waals surface area contributed by atoms with Crippen LogP contribution in [0.15, 0.2) is 24.7 Å². The predicted octanol–water partition coefficient (Wildman–Crippen LogP) is 0.449. The van der Waals surface area contributed by atoms with Crippen molar-refractivity contribution in [3.05, 3.63) is 24.7 Å². The highest BCUT2D eigenvalue weighted by Crippen LogP contribution is 2.11. The molecule has 5 heteroatoms. The standard InChI is InChI=1S/C7H7N5/c8-7-2-1-5(11-12-7)6-3-9-4-10-6/h1-4H,(H2,8,12)(H,9,10). The van der Waals surface area contributed by atoms with Gasteiger partial charge in [-0.1, -0.05) is 0 Å². The average molecular weight is 161 g/mol. The van der Waals surface area contributed by atoms with Crippen LogP contribution < -0.4 is 5.73 Å². The molecule has 3 N–H and O–H groups in total. The van der Waals surface area contributed by atoms with Gasteiger partial charge < -0.3 is 10.7 Å². The number of imidazole rings is 1. The van der Waals surface area contributed by atoms with E-state index in [1.54, 1.807) is 24.7 Å². The molecule has 0 aliphatic rings. The molecule has 0 saturated heterocycles. The van der Waals surface area contributed by atoms with Crippen LogP contribution in [-0.4, -0.2) is 20.2 Å². The number of nitrogens with one attached hydrogen (secondary N) is 1. The second-order valence-electron chi connectivity index (χ2n) is 2.31. The molecular weight excluding hydrogens is 154 g/mol. The minimum absolute atomic E-state index is 0.415. The van der Waals surface area contributed by atoms with Crippen LogP contribution >= 0.6 is 0 Å². The zero-order valence-corrected chi connectivity index (χ0v) is 6.23. The zero-order valence-electron chi connectivity index (χ0n) is 6.23. The maximum atomic E-state index is 5.38. The van der Waals surface area contributed by atoms with Gasteiger partial charge in [0.15, 0.2) is 0 Å². The molecule has 0 spiro atoms. The lowest BCUT2D eigenvalue weighted by Gasteiger charge is -1.94. The highest BCUT2D eigenvalue weighted by molar-refractivity contribution is 5.52. The summed E-state index contributed by atoms with van der Waals surface area (Å²) in [7, 11) is 0. The number of rotatable bonds is 1. The van der Waals surface area contributed by atoms with E-state index >= 15 is 0 Å². The maximum absolute atomic E-state index is 5.38. The third-order valence-electron chi connectivity index (χ3n) is 1.46. The van der Waals surface area contributed by atoms with Gasteiger partial charge >= 0.3 is 0 Å². The number of hydrogen-bond donors (Lipinski definition) is 2. The molecule has 0 aromatic carbocycles. The van der Waals surface area contributed by atoms with Crippen molar-refractivity contribution in [1.29, 1.82) is 0 Å². The van der Waals surface area contributed by atoms with Crippen LogP contribution in [0.1, 0.15) is 0 Å². The Balaban J connectivity index is 2.43. The molecule has 2 rings (SSSR count). The van der Waals surface area contributed by atoms with Gasteiger partial charge in [0.05, 0.1) is 18.2 Å². The summed E-state index contributed by atoms with van der Waals surface area (Å²) in [4.78, 5) is 6.78. The molecule has 0 amide bonds. The quantitative estimate of drug-likeness (QED) is 0.636. The second kappa shape index (κ2) is 2.61. The van der Waals surface area contributed by atoms with Crippen LogP contribution in [0.2, 0.25) is 0 Å². The first-order valence-electron chi connectivity index (χ1n) is 3.44. The van der Waals surface area contributed by atoms with Gasteiger partial charge in [0, 0.05) is 0 Å². The molecule has 5 nitrogen and oxygen atoms in total. The van der Waals surface area contributed by atoms with E-state index < -0.39 is 0 Å². The fraction of sp³-hybridized carbons (Fsp3) is 0. The van der Waals surface area contributed by atoms with Gasteiger partial charge in [-0.25, -0.2) is 4.98 Å². The SMILES string of the molecule is Nc1ccc(-c2cnc[nH]2)nn1. The van der Waals surface area contributed by atoms with Crippen LogP contribution in [0, 0.1) is 0 Å². The number of H-pyrrole nitrogens is 1. The number of aromatic nitrogens is 4. The molecule has 0 fully saturated rings. The van der Waals surface area contributed by atoms with Crippen LogP contribution in [-0.2, 0) is 0 Å². The first-order chi connectivity index (χ1) is 5.86. The number of aromatic amines is 1. The van der Waals surface area contributed by atoms with E-state index in [1.807, 2.05) is 0 Å². The zero-order chi connectivity index (χ0) is 8.39. The van der Waals surface area contributed by atoms with E-state index in [0.717, 1.165) is 11.4 Å². The molecule has 60 valence electrons.